The molecule has 0 saturated carbocycles. The van der Waals surface area contributed by atoms with Crippen LogP contribution in [0, 0.1) is 0 Å². The molecule has 1 aliphatic heterocycles. The van der Waals surface area contributed by atoms with Crippen LogP contribution < -0.4 is 10.6 Å². The molecule has 1 aliphatic carbocycles. The van der Waals surface area contributed by atoms with Crippen molar-refractivity contribution in [2.45, 2.75) is 30.5 Å². The number of likely N-dealkylation sites (tertiary alicyclic amines) is 1. The number of amides is 3. The van der Waals surface area contributed by atoms with Crippen LogP contribution in [-0.2, 0) is 19.1 Å². The van der Waals surface area contributed by atoms with Crippen LogP contribution >= 0.6 is 0 Å². The van der Waals surface area contributed by atoms with E-state index in [2.05, 4.69) is 37.7 Å². The van der Waals surface area contributed by atoms with E-state index in [0.29, 0.717) is 16.7 Å². The van der Waals surface area contributed by atoms with E-state index in [1.165, 1.54) is 11.2 Å². The van der Waals surface area contributed by atoms with E-state index in [4.69, 9.17) is 9.47 Å². The summed E-state index contributed by atoms with van der Waals surface area (Å²) in [6.07, 6.45) is 1.55. The highest BCUT2D eigenvalue weighted by Gasteiger charge is 2.43. The predicted molar refractivity (Wildman–Crippen MR) is 223 cm³/mol. The molecule has 2 atom stereocenters. The number of hydrogen-bond donors (Lipinski definition) is 2. The number of fused-ring (bicyclic) bond motifs is 4. The van der Waals surface area contributed by atoms with Crippen molar-refractivity contribution in [1.29, 1.82) is 0 Å². The molecule has 5 aromatic carbocycles. The lowest BCUT2D eigenvalue weighted by Gasteiger charge is -2.26. The van der Waals surface area contributed by atoms with Crippen molar-refractivity contribution in [3.8, 4) is 11.1 Å². The van der Waals surface area contributed by atoms with Gasteiger partial charge in [-0.3, -0.25) is 9.59 Å². The van der Waals surface area contributed by atoms with Gasteiger partial charge in [-0.1, -0.05) is 127 Å². The van der Waals surface area contributed by atoms with Crippen LogP contribution in [-0.4, -0.2) is 74.0 Å². The molecule has 1 unspecified atom stereocenters. The van der Waals surface area contributed by atoms with E-state index >= 15 is 0 Å². The average Bonchev–Trinajstić information content (AvgIpc) is 4.02. The van der Waals surface area contributed by atoms with Crippen molar-refractivity contribution in [3.63, 3.8) is 0 Å². The zero-order chi connectivity index (χ0) is 41.0. The van der Waals surface area contributed by atoms with Crippen molar-refractivity contribution >= 4 is 40.9 Å². The van der Waals surface area contributed by atoms with Crippen molar-refractivity contribution < 1.29 is 28.7 Å². The van der Waals surface area contributed by atoms with Gasteiger partial charge in [0.25, 0.3) is 5.91 Å². The summed E-state index contributed by atoms with van der Waals surface area (Å²) in [6.45, 7) is -0.261. The van der Waals surface area contributed by atoms with Gasteiger partial charge < -0.3 is 29.6 Å². The van der Waals surface area contributed by atoms with E-state index in [9.17, 15) is 19.2 Å². The fourth-order valence-corrected chi connectivity index (χ4v) is 8.17. The number of alkyl carbamates (subject to hydrolysis) is 1. The quantitative estimate of drug-likeness (QED) is 0.130. The second-order valence-corrected chi connectivity index (χ2v) is 14.6. The molecule has 3 amide bonds. The SMILES string of the molecule is O=C(NCC(=O)N1CC(n2cnc3c(NC(=O)c4ccccc4)ncnc32)C[C@@H]1C(=O)OC(c1ccccc1)c1ccccc1)OCC1c2ccccc2-c2ccccc21. The molecule has 7 aromatic rings. The minimum absolute atomic E-state index is 0.0769. The first-order valence-corrected chi connectivity index (χ1v) is 19.7. The Morgan fingerprint density at radius 3 is 1.97 bits per heavy atom. The first-order chi connectivity index (χ1) is 29.4. The van der Waals surface area contributed by atoms with Crippen LogP contribution in [0.3, 0.4) is 0 Å². The number of hydrogen-bond acceptors (Lipinski definition) is 9. The number of esters is 1. The number of aromatic nitrogens is 4. The fourth-order valence-electron chi connectivity index (χ4n) is 8.17. The molecule has 2 N–H and O–H groups in total. The van der Waals surface area contributed by atoms with Gasteiger partial charge in [0.2, 0.25) is 5.91 Å². The minimum atomic E-state index is -1.03. The summed E-state index contributed by atoms with van der Waals surface area (Å²) in [4.78, 5) is 69.4. The second kappa shape index (κ2) is 16.7. The summed E-state index contributed by atoms with van der Waals surface area (Å²) in [5.41, 5.74) is 7.08. The zero-order valence-electron chi connectivity index (χ0n) is 32.3. The molecule has 13 heteroatoms. The lowest BCUT2D eigenvalue weighted by molar-refractivity contribution is -0.156. The van der Waals surface area contributed by atoms with E-state index in [0.717, 1.165) is 33.4 Å². The molecule has 9 rings (SSSR count). The van der Waals surface area contributed by atoms with Gasteiger partial charge in [0, 0.05) is 24.4 Å². The number of benzene rings is 5. The van der Waals surface area contributed by atoms with E-state index in [1.807, 2.05) is 103 Å². The average molecular weight is 798 g/mol. The molecular weight excluding hydrogens is 759 g/mol. The third kappa shape index (κ3) is 7.55. The lowest BCUT2D eigenvalue weighted by atomic mass is 9.98. The maximum Gasteiger partial charge on any atom is 0.407 e. The molecule has 0 radical (unpaired) electrons. The predicted octanol–water partition coefficient (Wildman–Crippen LogP) is 7.09. The van der Waals surface area contributed by atoms with Crippen molar-refractivity contribution in [1.82, 2.24) is 29.7 Å². The highest BCUT2D eigenvalue weighted by molar-refractivity contribution is 6.06. The Morgan fingerprint density at radius 2 is 1.32 bits per heavy atom. The van der Waals surface area contributed by atoms with Gasteiger partial charge in [0.1, 0.15) is 25.5 Å². The van der Waals surface area contributed by atoms with Crippen LogP contribution in [0.5, 0.6) is 0 Å². The maximum atomic E-state index is 14.4. The van der Waals surface area contributed by atoms with Gasteiger partial charge in [-0.2, -0.15) is 0 Å². The monoisotopic (exact) mass is 797 g/mol. The molecule has 0 bridgehead atoms. The van der Waals surface area contributed by atoms with Crippen molar-refractivity contribution in [2.75, 3.05) is 25.0 Å². The summed E-state index contributed by atoms with van der Waals surface area (Å²) in [6, 6.07) is 42.1. The molecule has 2 aliphatic rings. The lowest BCUT2D eigenvalue weighted by Crippen LogP contribution is -2.46. The highest BCUT2D eigenvalue weighted by Crippen LogP contribution is 2.44. The van der Waals surface area contributed by atoms with Gasteiger partial charge in [-0.05, 0) is 45.5 Å². The standard InChI is InChI=1S/C47H39N7O6/c55-40(25-48-47(58)59-27-38-36-22-12-10-20-34(36)35-21-11-13-23-37(35)38)53-26-33(24-39(53)46(57)60-42(30-14-4-1-5-15-30)31-16-6-2-7-17-31)54-29-51-41-43(49-28-50-44(41)54)52-45(56)32-18-8-3-9-19-32/h1-23,28-29,33,38-39,42H,24-27H2,(H,48,58)(H,49,50,52,56)/t33?,39-/m1/s1. The third-order valence-electron chi connectivity index (χ3n) is 11.1. The second-order valence-electron chi connectivity index (χ2n) is 14.6. The number of anilines is 1. The molecule has 13 nitrogen and oxygen atoms in total. The normalized spacial score (nSPS) is 15.7. The van der Waals surface area contributed by atoms with Crippen molar-refractivity contribution in [3.05, 3.63) is 180 Å². The zero-order valence-corrected chi connectivity index (χ0v) is 32.3. The smallest absolute Gasteiger partial charge is 0.407 e. The molecule has 60 heavy (non-hydrogen) atoms. The Labute approximate surface area is 345 Å². The number of carbonyl (C=O) groups excluding carboxylic acids is 4. The number of rotatable bonds is 11. The van der Waals surface area contributed by atoms with Gasteiger partial charge in [0.15, 0.2) is 23.1 Å². The molecule has 3 heterocycles. The molecular formula is C47H39N7O6. The summed E-state index contributed by atoms with van der Waals surface area (Å²) in [7, 11) is 0. The highest BCUT2D eigenvalue weighted by atomic mass is 16.6. The van der Waals surface area contributed by atoms with Gasteiger partial charge in [-0.15, -0.1) is 0 Å². The number of imidazole rings is 1. The topological polar surface area (TPSA) is 158 Å². The van der Waals surface area contributed by atoms with Crippen LogP contribution in [0.2, 0.25) is 0 Å². The van der Waals surface area contributed by atoms with Crippen molar-refractivity contribution in [2.24, 2.45) is 0 Å². The Bertz CT molecular complexity index is 2610. The van der Waals surface area contributed by atoms with Gasteiger partial charge >= 0.3 is 12.1 Å². The molecule has 0 spiro atoms. The number of nitrogens with one attached hydrogen (secondary N) is 2. The van der Waals surface area contributed by atoms with Crippen LogP contribution in [0.25, 0.3) is 22.3 Å². The molecule has 1 saturated heterocycles. The molecule has 1 fully saturated rings. The summed E-state index contributed by atoms with van der Waals surface area (Å²) in [5.74, 6) is -1.41. The van der Waals surface area contributed by atoms with E-state index in [1.54, 1.807) is 35.2 Å². The van der Waals surface area contributed by atoms with Crippen LogP contribution in [0.4, 0.5) is 10.6 Å². The number of ether oxygens (including phenoxy) is 2. The van der Waals surface area contributed by atoms with E-state index in [-0.39, 0.29) is 37.2 Å². The first kappa shape index (κ1) is 37.9. The number of carbonyl (C=O) groups is 4. The first-order valence-electron chi connectivity index (χ1n) is 19.7. The largest absolute Gasteiger partial charge is 0.451 e. The van der Waals surface area contributed by atoms with Gasteiger partial charge in [-0.25, -0.2) is 24.5 Å². The summed E-state index contributed by atoms with van der Waals surface area (Å²) in [5, 5.41) is 5.44. The summed E-state index contributed by atoms with van der Waals surface area (Å²) >= 11 is 0. The Morgan fingerprint density at radius 1 is 0.717 bits per heavy atom. The molecule has 2 aromatic heterocycles. The number of nitrogens with zero attached hydrogens (tertiary/aromatic N) is 5. The molecule has 298 valence electrons. The Balaban J connectivity index is 0.945. The third-order valence-corrected chi connectivity index (χ3v) is 11.1. The minimum Gasteiger partial charge on any atom is -0.451 e. The maximum absolute atomic E-state index is 14.4. The summed E-state index contributed by atoms with van der Waals surface area (Å²) < 4.78 is 13.8. The van der Waals surface area contributed by atoms with E-state index < -0.39 is 42.7 Å². The van der Waals surface area contributed by atoms with Crippen LogP contribution in [0.15, 0.2) is 152 Å². The van der Waals surface area contributed by atoms with Gasteiger partial charge in [0.05, 0.1) is 12.4 Å². The Kier molecular flexibility index (Phi) is 10.5. The fraction of sp³-hybridized carbons (Fsp3) is 0.170. The van der Waals surface area contributed by atoms with Crippen LogP contribution in [0.1, 0.15) is 57.1 Å². The Hall–Kier alpha value is -7.67.